The third kappa shape index (κ3) is 3.15. The molecule has 1 atom stereocenters. The van der Waals surface area contributed by atoms with Crippen molar-refractivity contribution >= 4 is 5.78 Å². The van der Waals surface area contributed by atoms with Crippen LogP contribution >= 0.6 is 0 Å². The van der Waals surface area contributed by atoms with Crippen LogP contribution in [0.1, 0.15) is 55.2 Å². The van der Waals surface area contributed by atoms with Crippen molar-refractivity contribution in [2.75, 3.05) is 0 Å². The largest absolute Gasteiger partial charge is 0.293 e. The number of rotatable bonds is 3. The lowest BCUT2D eigenvalue weighted by Gasteiger charge is -2.33. The minimum absolute atomic E-state index is 0.143. The lowest BCUT2D eigenvalue weighted by molar-refractivity contribution is 0.0835. The summed E-state index contributed by atoms with van der Waals surface area (Å²) in [5.74, 6) is -0.382. The Morgan fingerprint density at radius 1 is 1.14 bits per heavy atom. The van der Waals surface area contributed by atoms with Crippen LogP contribution in [0.15, 0.2) is 48.8 Å². The number of Topliss-reactive ketones (excluding diaryl/α,β-unsaturated/α-hetero) is 1. The number of benzene rings is 1. The van der Waals surface area contributed by atoms with E-state index < -0.39 is 11.3 Å². The maximum Gasteiger partial charge on any atom is 0.184 e. The molecule has 146 valence electrons. The highest BCUT2D eigenvalue weighted by Gasteiger charge is 2.45. The van der Waals surface area contributed by atoms with Crippen molar-refractivity contribution in [1.82, 2.24) is 14.8 Å². The molecule has 0 aliphatic heterocycles. The van der Waals surface area contributed by atoms with E-state index in [0.717, 1.165) is 16.9 Å². The monoisotopic (exact) mass is 384 g/mol. The van der Waals surface area contributed by atoms with Crippen molar-refractivity contribution in [3.63, 3.8) is 0 Å². The Kier molecular flexibility index (Phi) is 4.58. The molecule has 1 aliphatic rings. The van der Waals surface area contributed by atoms with Crippen molar-refractivity contribution in [2.24, 2.45) is 11.3 Å². The summed E-state index contributed by atoms with van der Waals surface area (Å²) < 4.78 is 1.88. The normalized spacial score (nSPS) is 17.8. The number of hydrogen-bond donors (Lipinski definition) is 0. The molecule has 1 unspecified atom stereocenters. The van der Waals surface area contributed by atoms with Crippen LogP contribution in [0.25, 0.3) is 16.9 Å². The van der Waals surface area contributed by atoms with E-state index in [2.05, 4.69) is 37.0 Å². The SMILES string of the molecule is CC(C)c1ccc(-n2nc(-c3ccncc3)c3c2CC(C)(C)C(C#N)C3=O)cc1. The Balaban J connectivity index is 1.95. The summed E-state index contributed by atoms with van der Waals surface area (Å²) in [7, 11) is 0. The maximum atomic E-state index is 13.4. The number of aromatic nitrogens is 3. The van der Waals surface area contributed by atoms with E-state index in [1.54, 1.807) is 12.4 Å². The quantitative estimate of drug-likeness (QED) is 0.640. The van der Waals surface area contributed by atoms with E-state index in [4.69, 9.17) is 5.10 Å². The molecule has 2 aromatic heterocycles. The number of nitriles is 1. The topological polar surface area (TPSA) is 71.6 Å². The predicted octanol–water partition coefficient (Wildman–Crippen LogP) is 4.96. The van der Waals surface area contributed by atoms with Gasteiger partial charge in [0.1, 0.15) is 11.6 Å². The second-order valence-corrected chi connectivity index (χ2v) is 8.66. The molecule has 2 heterocycles. The van der Waals surface area contributed by atoms with Crippen LogP contribution in [0.3, 0.4) is 0 Å². The molecule has 0 saturated heterocycles. The number of fused-ring (bicyclic) bond motifs is 1. The Morgan fingerprint density at radius 2 is 1.79 bits per heavy atom. The summed E-state index contributed by atoms with van der Waals surface area (Å²) in [5, 5.41) is 14.5. The fourth-order valence-electron chi connectivity index (χ4n) is 4.07. The Hall–Kier alpha value is -3.26. The van der Waals surface area contributed by atoms with Gasteiger partial charge in [-0.05, 0) is 47.6 Å². The molecule has 0 fully saturated rings. The predicted molar refractivity (Wildman–Crippen MR) is 112 cm³/mol. The summed E-state index contributed by atoms with van der Waals surface area (Å²) in [6.07, 6.45) is 3.99. The van der Waals surface area contributed by atoms with Crippen molar-refractivity contribution in [2.45, 2.75) is 40.0 Å². The van der Waals surface area contributed by atoms with Gasteiger partial charge in [-0.15, -0.1) is 0 Å². The summed E-state index contributed by atoms with van der Waals surface area (Å²) >= 11 is 0. The van der Waals surface area contributed by atoms with Gasteiger partial charge in [0.15, 0.2) is 5.78 Å². The molecular formula is C24H24N4O. The highest BCUT2D eigenvalue weighted by Crippen LogP contribution is 2.43. The van der Waals surface area contributed by atoms with Crippen molar-refractivity contribution in [3.8, 4) is 23.0 Å². The van der Waals surface area contributed by atoms with Gasteiger partial charge in [0.05, 0.1) is 23.0 Å². The van der Waals surface area contributed by atoms with E-state index >= 15 is 0 Å². The van der Waals surface area contributed by atoms with Gasteiger partial charge in [-0.3, -0.25) is 9.78 Å². The van der Waals surface area contributed by atoms with Gasteiger partial charge in [-0.1, -0.05) is 39.8 Å². The molecule has 5 nitrogen and oxygen atoms in total. The molecule has 4 rings (SSSR count). The third-order valence-corrected chi connectivity index (χ3v) is 5.78. The van der Waals surface area contributed by atoms with Crippen LogP contribution < -0.4 is 0 Å². The van der Waals surface area contributed by atoms with Crippen LogP contribution in [0.2, 0.25) is 0 Å². The first-order chi connectivity index (χ1) is 13.8. The molecule has 29 heavy (non-hydrogen) atoms. The third-order valence-electron chi connectivity index (χ3n) is 5.78. The number of carbonyl (C=O) groups is 1. The highest BCUT2D eigenvalue weighted by molar-refractivity contribution is 6.06. The number of pyridine rings is 1. The first kappa shape index (κ1) is 19.1. The number of hydrogen-bond acceptors (Lipinski definition) is 4. The van der Waals surface area contributed by atoms with Gasteiger partial charge >= 0.3 is 0 Å². The smallest absolute Gasteiger partial charge is 0.184 e. The van der Waals surface area contributed by atoms with Crippen LogP contribution in [-0.4, -0.2) is 20.5 Å². The molecule has 5 heteroatoms. The van der Waals surface area contributed by atoms with Gasteiger partial charge in [0, 0.05) is 18.0 Å². The Bertz CT molecular complexity index is 1100. The number of nitrogens with zero attached hydrogens (tertiary/aromatic N) is 4. The van der Waals surface area contributed by atoms with E-state index in [0.29, 0.717) is 23.6 Å². The summed E-state index contributed by atoms with van der Waals surface area (Å²) in [6, 6.07) is 14.2. The molecule has 0 spiro atoms. The fourth-order valence-corrected chi connectivity index (χ4v) is 4.07. The summed E-state index contributed by atoms with van der Waals surface area (Å²) in [6.45, 7) is 8.28. The van der Waals surface area contributed by atoms with E-state index in [9.17, 15) is 10.1 Å². The summed E-state index contributed by atoms with van der Waals surface area (Å²) in [4.78, 5) is 17.4. The van der Waals surface area contributed by atoms with Gasteiger partial charge in [0.25, 0.3) is 0 Å². The Labute approximate surface area is 171 Å². The van der Waals surface area contributed by atoms with E-state index in [-0.39, 0.29) is 5.78 Å². The molecule has 0 bridgehead atoms. The molecule has 0 amide bonds. The van der Waals surface area contributed by atoms with Gasteiger partial charge in [-0.2, -0.15) is 10.4 Å². The second-order valence-electron chi connectivity index (χ2n) is 8.66. The lowest BCUT2D eigenvalue weighted by Crippen LogP contribution is -2.37. The number of carbonyl (C=O) groups excluding carboxylic acids is 1. The lowest BCUT2D eigenvalue weighted by atomic mass is 9.67. The highest BCUT2D eigenvalue weighted by atomic mass is 16.1. The standard InChI is InChI=1S/C24H24N4O/c1-15(2)16-5-7-18(8-6-16)28-20-13-24(3,4)19(14-25)23(29)21(20)22(27-28)17-9-11-26-12-10-17/h5-12,15,19H,13H2,1-4H3. The zero-order chi connectivity index (χ0) is 20.8. The average Bonchev–Trinajstić information content (AvgIpc) is 3.07. The molecule has 1 aromatic carbocycles. The van der Waals surface area contributed by atoms with Gasteiger partial charge in [-0.25, -0.2) is 4.68 Å². The first-order valence-electron chi connectivity index (χ1n) is 9.90. The number of ketones is 1. The zero-order valence-electron chi connectivity index (χ0n) is 17.2. The molecule has 0 N–H and O–H groups in total. The average molecular weight is 384 g/mol. The van der Waals surface area contributed by atoms with E-state index in [1.807, 2.05) is 42.8 Å². The second kappa shape index (κ2) is 6.97. The molecular weight excluding hydrogens is 360 g/mol. The Morgan fingerprint density at radius 3 is 2.38 bits per heavy atom. The summed E-state index contributed by atoms with van der Waals surface area (Å²) in [5.41, 5.74) is 4.61. The van der Waals surface area contributed by atoms with Crippen LogP contribution in [-0.2, 0) is 6.42 Å². The van der Waals surface area contributed by atoms with Crippen molar-refractivity contribution in [3.05, 3.63) is 65.6 Å². The molecule has 0 radical (unpaired) electrons. The molecule has 3 aromatic rings. The van der Waals surface area contributed by atoms with E-state index in [1.165, 1.54) is 5.56 Å². The molecule has 0 saturated carbocycles. The van der Waals surface area contributed by atoms with Gasteiger partial charge in [0.2, 0.25) is 0 Å². The van der Waals surface area contributed by atoms with Crippen LogP contribution in [0.5, 0.6) is 0 Å². The van der Waals surface area contributed by atoms with Crippen molar-refractivity contribution < 1.29 is 4.79 Å². The van der Waals surface area contributed by atoms with Gasteiger partial charge < -0.3 is 0 Å². The minimum atomic E-state index is -0.684. The maximum absolute atomic E-state index is 13.4. The first-order valence-corrected chi connectivity index (χ1v) is 9.90. The van der Waals surface area contributed by atoms with Crippen LogP contribution in [0.4, 0.5) is 0 Å². The van der Waals surface area contributed by atoms with Crippen LogP contribution in [0, 0.1) is 22.7 Å². The minimum Gasteiger partial charge on any atom is -0.293 e. The van der Waals surface area contributed by atoms with Crippen molar-refractivity contribution in [1.29, 1.82) is 5.26 Å². The zero-order valence-corrected chi connectivity index (χ0v) is 17.2. The molecule has 1 aliphatic carbocycles. The fraction of sp³-hybridized carbons (Fsp3) is 0.333.